The van der Waals surface area contributed by atoms with E-state index in [1.807, 2.05) is 78.9 Å². The minimum Gasteiger partial charge on any atom is -0.244 e. The van der Waals surface area contributed by atoms with Gasteiger partial charge in [-0.05, 0) is 58.7 Å². The normalized spacial score (nSPS) is 10.7. The fraction of sp³-hybridized carbons (Fsp3) is 0. The molecule has 0 N–H and O–H groups in total. The number of hydrogen-bond donors (Lipinski definition) is 0. The lowest BCUT2D eigenvalue weighted by atomic mass is 9.96. The van der Waals surface area contributed by atoms with E-state index in [0.717, 1.165) is 72.8 Å². The van der Waals surface area contributed by atoms with Gasteiger partial charge in [0.15, 0.2) is 5.82 Å². The second kappa shape index (κ2) is 15.0. The van der Waals surface area contributed by atoms with E-state index in [4.69, 9.17) is 19.9 Å². The maximum absolute atomic E-state index is 9.46. The second-order valence-corrected chi connectivity index (χ2v) is 12.7. The van der Waals surface area contributed by atoms with Gasteiger partial charge >= 0.3 is 0 Å². The maximum atomic E-state index is 9.46. The summed E-state index contributed by atoms with van der Waals surface area (Å²) in [5, 5.41) is 9.46. The molecule has 54 heavy (non-hydrogen) atoms. The number of benzene rings is 6. The molecule has 0 bridgehead atoms. The smallest absolute Gasteiger partial charge is 0.160 e. The fourth-order valence-corrected chi connectivity index (χ4v) is 6.50. The quantitative estimate of drug-likeness (QED) is 0.151. The Balaban J connectivity index is 1.13. The van der Waals surface area contributed by atoms with Crippen molar-refractivity contribution in [1.82, 2.24) is 19.9 Å². The van der Waals surface area contributed by atoms with Crippen LogP contribution in [0.1, 0.15) is 17.0 Å². The summed E-state index contributed by atoms with van der Waals surface area (Å²) in [6.07, 6.45) is 3.41. The van der Waals surface area contributed by atoms with E-state index in [1.165, 1.54) is 0 Å². The van der Waals surface area contributed by atoms with Gasteiger partial charge in [0, 0.05) is 27.8 Å². The van der Waals surface area contributed by atoms with Crippen LogP contribution in [-0.4, -0.2) is 19.9 Å². The summed E-state index contributed by atoms with van der Waals surface area (Å²) in [5.74, 6) is 0.672. The Kier molecular flexibility index (Phi) is 9.31. The highest BCUT2D eigenvalue weighted by atomic mass is 14.9. The highest BCUT2D eigenvalue weighted by Crippen LogP contribution is 2.35. The third-order valence-corrected chi connectivity index (χ3v) is 9.30. The third-order valence-electron chi connectivity index (χ3n) is 9.30. The summed E-state index contributed by atoms with van der Waals surface area (Å²) >= 11 is 0. The van der Waals surface area contributed by atoms with Crippen LogP contribution in [0.2, 0.25) is 0 Å². The van der Waals surface area contributed by atoms with Crippen molar-refractivity contribution in [3.63, 3.8) is 0 Å². The monoisotopic (exact) mass is 691 g/mol. The third kappa shape index (κ3) is 6.88. The van der Waals surface area contributed by atoms with Crippen molar-refractivity contribution in [3.8, 4) is 84.7 Å². The lowest BCUT2D eigenvalue weighted by Gasteiger charge is -2.14. The molecule has 0 unspecified atom stereocenters. The van der Waals surface area contributed by atoms with Gasteiger partial charge in [0.05, 0.1) is 45.8 Å². The van der Waals surface area contributed by atoms with Gasteiger partial charge in [0.2, 0.25) is 0 Å². The first kappa shape index (κ1) is 33.6. The maximum Gasteiger partial charge on any atom is 0.160 e. The van der Waals surface area contributed by atoms with E-state index in [0.29, 0.717) is 22.8 Å². The van der Waals surface area contributed by atoms with E-state index in [2.05, 4.69) is 98.1 Å². The van der Waals surface area contributed by atoms with E-state index in [9.17, 15) is 5.26 Å². The Morgan fingerprint density at radius 1 is 0.389 bits per heavy atom. The minimum absolute atomic E-state index is 0.611. The number of aromatic nitrogens is 4. The van der Waals surface area contributed by atoms with Crippen LogP contribution in [-0.2, 0) is 0 Å². The van der Waals surface area contributed by atoms with Crippen LogP contribution >= 0.6 is 0 Å². The van der Waals surface area contributed by atoms with E-state index >= 15 is 0 Å². The molecule has 0 saturated heterocycles. The lowest BCUT2D eigenvalue weighted by Crippen LogP contribution is -2.00. The molecule has 5 nitrogen and oxygen atoms in total. The van der Waals surface area contributed by atoms with Gasteiger partial charge in [-0.15, -0.1) is 0 Å². The number of nitriles is 1. The molecule has 5 heteroatoms. The topological polar surface area (TPSA) is 75.3 Å². The van der Waals surface area contributed by atoms with Crippen LogP contribution in [0.3, 0.4) is 0 Å². The van der Waals surface area contributed by atoms with Crippen molar-refractivity contribution in [2.45, 2.75) is 0 Å². The van der Waals surface area contributed by atoms with Crippen LogP contribution in [0, 0.1) is 11.3 Å². The van der Waals surface area contributed by atoms with Crippen LogP contribution in [0.4, 0.5) is 0 Å². The van der Waals surface area contributed by atoms with Gasteiger partial charge < -0.3 is 0 Å². The number of nitrogens with zero attached hydrogens (tertiary/aromatic N) is 5. The van der Waals surface area contributed by atoms with Crippen molar-refractivity contribution >= 4 is 12.2 Å². The summed E-state index contributed by atoms with van der Waals surface area (Å²) in [6, 6.07) is 57.2. The number of rotatable bonds is 9. The average molecular weight is 692 g/mol. The molecular formula is C49H33N5. The van der Waals surface area contributed by atoms with E-state index < -0.39 is 0 Å². The lowest BCUT2D eigenvalue weighted by molar-refractivity contribution is 1.17. The van der Waals surface area contributed by atoms with Crippen molar-refractivity contribution in [1.29, 1.82) is 5.26 Å². The van der Waals surface area contributed by atoms with E-state index in [1.54, 1.807) is 18.2 Å². The first-order chi connectivity index (χ1) is 26.6. The molecule has 0 aliphatic carbocycles. The summed E-state index contributed by atoms with van der Waals surface area (Å²) in [6.45, 7) is 7.96. The Labute approximate surface area is 315 Å². The molecule has 0 aliphatic rings. The van der Waals surface area contributed by atoms with Crippen LogP contribution in [0.25, 0.3) is 90.8 Å². The SMILES string of the molecule is C=Cc1nc(-c2ccc(-c3ccc(-c4nc(-c5ccccc5)cc(-c5ccccc5)n4)cc3)cc2)c(-c2cccc(-c3cccc(C#N)c3)c2)nc1C=C. The summed E-state index contributed by atoms with van der Waals surface area (Å²) in [5.41, 5.74) is 14.1. The average Bonchev–Trinajstić information content (AvgIpc) is 3.26. The molecule has 0 amide bonds. The molecule has 0 spiro atoms. The zero-order valence-electron chi connectivity index (χ0n) is 29.4. The predicted molar refractivity (Wildman–Crippen MR) is 221 cm³/mol. The van der Waals surface area contributed by atoms with Crippen molar-refractivity contribution < 1.29 is 0 Å². The fourth-order valence-electron chi connectivity index (χ4n) is 6.50. The highest BCUT2D eigenvalue weighted by molar-refractivity contribution is 5.84. The van der Waals surface area contributed by atoms with Gasteiger partial charge in [0.25, 0.3) is 0 Å². The molecule has 2 aromatic heterocycles. The van der Waals surface area contributed by atoms with Crippen LogP contribution in [0.15, 0.2) is 177 Å². The largest absolute Gasteiger partial charge is 0.244 e. The Morgan fingerprint density at radius 3 is 1.37 bits per heavy atom. The van der Waals surface area contributed by atoms with Gasteiger partial charge in [-0.2, -0.15) is 5.26 Å². The summed E-state index contributed by atoms with van der Waals surface area (Å²) < 4.78 is 0. The first-order valence-electron chi connectivity index (χ1n) is 17.6. The second-order valence-electron chi connectivity index (χ2n) is 12.7. The molecular weight excluding hydrogens is 659 g/mol. The molecule has 8 rings (SSSR count). The molecule has 0 atom stereocenters. The summed E-state index contributed by atoms with van der Waals surface area (Å²) in [7, 11) is 0. The van der Waals surface area contributed by atoms with Gasteiger partial charge in [0.1, 0.15) is 0 Å². The Morgan fingerprint density at radius 2 is 0.833 bits per heavy atom. The van der Waals surface area contributed by atoms with Gasteiger partial charge in [-0.25, -0.2) is 19.9 Å². The Hall–Kier alpha value is -7.55. The molecule has 254 valence electrons. The van der Waals surface area contributed by atoms with Crippen molar-refractivity contribution in [2.24, 2.45) is 0 Å². The van der Waals surface area contributed by atoms with Crippen LogP contribution < -0.4 is 0 Å². The molecule has 8 aromatic rings. The van der Waals surface area contributed by atoms with Crippen LogP contribution in [0.5, 0.6) is 0 Å². The van der Waals surface area contributed by atoms with Gasteiger partial charge in [-0.1, -0.05) is 153 Å². The summed E-state index contributed by atoms with van der Waals surface area (Å²) in [4.78, 5) is 20.0. The zero-order chi connectivity index (χ0) is 36.9. The Bertz CT molecular complexity index is 2620. The molecule has 0 saturated carbocycles. The molecule has 6 aromatic carbocycles. The molecule has 2 heterocycles. The zero-order valence-corrected chi connectivity index (χ0v) is 29.4. The van der Waals surface area contributed by atoms with Gasteiger partial charge in [-0.3, -0.25) is 0 Å². The molecule has 0 radical (unpaired) electrons. The van der Waals surface area contributed by atoms with E-state index in [-0.39, 0.29) is 0 Å². The standard InChI is InChI=1S/C49H33N5/c1-3-43-44(4-2)52-48(42-20-12-19-41(30-42)40-18-11-13-33(29-40)32-50)47(51-43)38-25-21-34(22-26-38)35-23-27-39(28-24-35)49-53-45(36-14-7-5-8-15-36)31-46(54-49)37-16-9-6-10-17-37/h3-31H,1-2H2. The number of hydrogen-bond acceptors (Lipinski definition) is 5. The first-order valence-corrected chi connectivity index (χ1v) is 17.6. The molecule has 0 fully saturated rings. The minimum atomic E-state index is 0.611. The predicted octanol–water partition coefficient (Wildman–Crippen LogP) is 12.1. The highest BCUT2D eigenvalue weighted by Gasteiger charge is 2.16. The van der Waals surface area contributed by atoms with Crippen molar-refractivity contribution in [3.05, 3.63) is 194 Å². The van der Waals surface area contributed by atoms with Crippen molar-refractivity contribution in [2.75, 3.05) is 0 Å². The molecule has 0 aliphatic heterocycles.